The summed E-state index contributed by atoms with van der Waals surface area (Å²) in [5.41, 5.74) is 3.03. The minimum absolute atomic E-state index is 0.0234. The second-order valence-electron chi connectivity index (χ2n) is 6.27. The number of nitrogens with one attached hydrogen (secondary N) is 1. The summed E-state index contributed by atoms with van der Waals surface area (Å²) in [6.07, 6.45) is 0.598. The van der Waals surface area contributed by atoms with Crippen LogP contribution in [0.1, 0.15) is 24.9 Å². The van der Waals surface area contributed by atoms with Crippen LogP contribution in [0.3, 0.4) is 0 Å². The molecule has 148 valence electrons. The van der Waals surface area contributed by atoms with Crippen LogP contribution in [-0.2, 0) is 9.53 Å². The number of para-hydroxylation sites is 1. The lowest BCUT2D eigenvalue weighted by Gasteiger charge is -2.38. The third kappa shape index (κ3) is 4.23. The third-order valence-electron chi connectivity index (χ3n) is 4.61. The Hall–Kier alpha value is -3.37. The second-order valence-corrected chi connectivity index (χ2v) is 6.66. The zero-order chi connectivity index (χ0) is 20.8. The number of anilines is 1. The first kappa shape index (κ1) is 20.4. The molecule has 7 heteroatoms. The average Bonchev–Trinajstić information content (AvgIpc) is 2.77. The van der Waals surface area contributed by atoms with Gasteiger partial charge in [-0.3, -0.25) is 4.90 Å². The quantitative estimate of drug-likeness (QED) is 0.576. The van der Waals surface area contributed by atoms with Crippen molar-refractivity contribution in [1.29, 1.82) is 5.26 Å². The van der Waals surface area contributed by atoms with Gasteiger partial charge in [0.15, 0.2) is 11.7 Å². The van der Waals surface area contributed by atoms with E-state index in [-0.39, 0.29) is 6.61 Å². The standard InChI is InChI=1S/C22H21N3O3S/c1-3-18-19(21(26)27-2)20(15-9-11-17(12-10-15)28-14-13-23)24-22(29)25(18)16-7-5-4-6-8-16/h4-12,20H,3,14H2,1-2H3,(H,24,29)/t20-/m1/s1. The predicted octanol–water partition coefficient (Wildman–Crippen LogP) is 3.86. The first-order chi connectivity index (χ1) is 14.1. The number of carbonyl (C=O) groups is 1. The van der Waals surface area contributed by atoms with Gasteiger partial charge in [-0.15, -0.1) is 0 Å². The first-order valence-electron chi connectivity index (χ1n) is 9.17. The van der Waals surface area contributed by atoms with E-state index in [0.29, 0.717) is 22.9 Å². The summed E-state index contributed by atoms with van der Waals surface area (Å²) in [5, 5.41) is 12.4. The molecule has 2 aromatic carbocycles. The highest BCUT2D eigenvalue weighted by Gasteiger charge is 2.36. The van der Waals surface area contributed by atoms with Crippen molar-refractivity contribution in [2.45, 2.75) is 19.4 Å². The van der Waals surface area contributed by atoms with Crippen molar-refractivity contribution >= 4 is 29.0 Å². The molecule has 0 aromatic heterocycles. The van der Waals surface area contributed by atoms with Gasteiger partial charge in [0.2, 0.25) is 0 Å². The molecule has 0 aliphatic carbocycles. The molecule has 0 saturated heterocycles. The highest BCUT2D eigenvalue weighted by Crippen LogP contribution is 2.36. The van der Waals surface area contributed by atoms with Gasteiger partial charge in [-0.2, -0.15) is 5.26 Å². The van der Waals surface area contributed by atoms with Crippen LogP contribution >= 0.6 is 12.2 Å². The zero-order valence-electron chi connectivity index (χ0n) is 16.2. The number of rotatable bonds is 6. The fraction of sp³-hybridized carbons (Fsp3) is 0.227. The van der Waals surface area contributed by atoms with E-state index >= 15 is 0 Å². The van der Waals surface area contributed by atoms with Crippen molar-refractivity contribution in [3.8, 4) is 11.8 Å². The molecule has 0 saturated carbocycles. The molecule has 2 aromatic rings. The summed E-state index contributed by atoms with van der Waals surface area (Å²) in [4.78, 5) is 14.6. The van der Waals surface area contributed by atoms with Crippen molar-refractivity contribution in [2.24, 2.45) is 0 Å². The number of carbonyl (C=O) groups excluding carboxylic acids is 1. The van der Waals surface area contributed by atoms with Crippen molar-refractivity contribution < 1.29 is 14.3 Å². The summed E-state index contributed by atoms with van der Waals surface area (Å²) < 4.78 is 10.4. The van der Waals surface area contributed by atoms with Crippen LogP contribution in [0.15, 0.2) is 65.9 Å². The molecule has 1 atom stereocenters. The van der Waals surface area contributed by atoms with E-state index in [1.807, 2.05) is 60.4 Å². The Kier molecular flexibility index (Phi) is 6.47. The second kappa shape index (κ2) is 9.22. The summed E-state index contributed by atoms with van der Waals surface area (Å²) in [6, 6.07) is 18.4. The van der Waals surface area contributed by atoms with Gasteiger partial charge in [-0.25, -0.2) is 4.79 Å². The number of esters is 1. The summed E-state index contributed by atoms with van der Waals surface area (Å²) >= 11 is 5.66. The van der Waals surface area contributed by atoms with Gasteiger partial charge in [-0.05, 0) is 48.5 Å². The van der Waals surface area contributed by atoms with E-state index in [1.165, 1.54) is 7.11 Å². The maximum Gasteiger partial charge on any atom is 0.337 e. The fourth-order valence-electron chi connectivity index (χ4n) is 3.34. The van der Waals surface area contributed by atoms with Crippen molar-refractivity contribution in [2.75, 3.05) is 18.6 Å². The van der Waals surface area contributed by atoms with Crippen LogP contribution in [-0.4, -0.2) is 24.8 Å². The Morgan fingerprint density at radius 2 is 1.90 bits per heavy atom. The fourth-order valence-corrected chi connectivity index (χ4v) is 3.67. The molecule has 0 unspecified atom stereocenters. The van der Waals surface area contributed by atoms with Crippen LogP contribution in [0.25, 0.3) is 0 Å². The summed E-state index contributed by atoms with van der Waals surface area (Å²) in [6.45, 7) is 1.96. The van der Waals surface area contributed by atoms with E-state index in [9.17, 15) is 4.79 Å². The van der Waals surface area contributed by atoms with E-state index < -0.39 is 12.0 Å². The number of thiocarbonyl (C=S) groups is 1. The number of ether oxygens (including phenoxy) is 2. The van der Waals surface area contributed by atoms with Gasteiger partial charge in [0.1, 0.15) is 11.8 Å². The molecule has 1 N–H and O–H groups in total. The lowest BCUT2D eigenvalue weighted by molar-refractivity contribution is -0.136. The molecular weight excluding hydrogens is 386 g/mol. The van der Waals surface area contributed by atoms with Crippen LogP contribution in [0.2, 0.25) is 0 Å². The molecule has 0 radical (unpaired) electrons. The Balaban J connectivity index is 2.07. The average molecular weight is 407 g/mol. The largest absolute Gasteiger partial charge is 0.479 e. The molecule has 29 heavy (non-hydrogen) atoms. The lowest BCUT2D eigenvalue weighted by Crippen LogP contribution is -2.48. The Bertz CT molecular complexity index is 965. The molecule has 3 rings (SSSR count). The molecular formula is C22H21N3O3S. The number of methoxy groups -OCH3 is 1. The maximum atomic E-state index is 12.8. The van der Waals surface area contributed by atoms with Crippen molar-refractivity contribution in [1.82, 2.24) is 5.32 Å². The highest BCUT2D eigenvalue weighted by atomic mass is 32.1. The van der Waals surface area contributed by atoms with Crippen molar-refractivity contribution in [3.63, 3.8) is 0 Å². The number of allylic oxidation sites excluding steroid dienone is 1. The summed E-state index contributed by atoms with van der Waals surface area (Å²) in [7, 11) is 1.37. The molecule has 0 amide bonds. The van der Waals surface area contributed by atoms with Gasteiger partial charge >= 0.3 is 5.97 Å². The maximum absolute atomic E-state index is 12.8. The smallest absolute Gasteiger partial charge is 0.337 e. The van der Waals surface area contributed by atoms with E-state index in [1.54, 1.807) is 12.1 Å². The topological polar surface area (TPSA) is 74.6 Å². The van der Waals surface area contributed by atoms with E-state index in [0.717, 1.165) is 16.9 Å². The van der Waals surface area contributed by atoms with Crippen LogP contribution in [0.5, 0.6) is 5.75 Å². The van der Waals surface area contributed by atoms with E-state index in [2.05, 4.69) is 5.32 Å². The monoisotopic (exact) mass is 407 g/mol. The SMILES string of the molecule is CCC1=C(C(=O)OC)[C@@H](c2ccc(OCC#N)cc2)NC(=S)N1c1ccccc1. The lowest BCUT2D eigenvalue weighted by atomic mass is 9.93. The van der Waals surface area contributed by atoms with Gasteiger partial charge in [-0.1, -0.05) is 37.3 Å². The minimum atomic E-state index is -0.449. The van der Waals surface area contributed by atoms with Gasteiger partial charge in [0, 0.05) is 11.4 Å². The molecule has 0 fully saturated rings. The first-order valence-corrected chi connectivity index (χ1v) is 9.58. The molecule has 6 nitrogen and oxygen atoms in total. The van der Waals surface area contributed by atoms with Crippen LogP contribution in [0, 0.1) is 11.3 Å². The van der Waals surface area contributed by atoms with E-state index in [4.69, 9.17) is 27.0 Å². The highest BCUT2D eigenvalue weighted by molar-refractivity contribution is 7.80. The third-order valence-corrected chi connectivity index (χ3v) is 4.91. The van der Waals surface area contributed by atoms with Gasteiger partial charge < -0.3 is 14.8 Å². The van der Waals surface area contributed by atoms with Crippen LogP contribution < -0.4 is 15.0 Å². The Morgan fingerprint density at radius 1 is 1.21 bits per heavy atom. The normalized spacial score (nSPS) is 16.1. The Labute approximate surface area is 175 Å². The number of nitriles is 1. The Morgan fingerprint density at radius 3 is 2.48 bits per heavy atom. The number of benzene rings is 2. The van der Waals surface area contributed by atoms with Gasteiger partial charge in [0.05, 0.1) is 18.7 Å². The molecule has 1 aliphatic heterocycles. The zero-order valence-corrected chi connectivity index (χ0v) is 17.0. The van der Waals surface area contributed by atoms with Crippen LogP contribution in [0.4, 0.5) is 5.69 Å². The number of hydrogen-bond donors (Lipinski definition) is 1. The number of hydrogen-bond acceptors (Lipinski definition) is 5. The molecule has 0 bridgehead atoms. The predicted molar refractivity (Wildman–Crippen MR) is 114 cm³/mol. The summed E-state index contributed by atoms with van der Waals surface area (Å²) in [5.74, 6) is 0.173. The minimum Gasteiger partial charge on any atom is -0.479 e. The molecule has 0 spiro atoms. The van der Waals surface area contributed by atoms with Crippen molar-refractivity contribution in [3.05, 3.63) is 71.4 Å². The van der Waals surface area contributed by atoms with Gasteiger partial charge in [0.25, 0.3) is 0 Å². The molecule has 1 heterocycles. The molecule has 1 aliphatic rings. The number of nitrogens with zero attached hydrogens (tertiary/aromatic N) is 2.